The first-order valence-corrected chi connectivity index (χ1v) is 12.3. The van der Waals surface area contributed by atoms with Crippen molar-refractivity contribution >= 4 is 34.3 Å². The Morgan fingerprint density at radius 1 is 1.11 bits per heavy atom. The van der Waals surface area contributed by atoms with E-state index in [1.165, 1.54) is 6.20 Å². The molecular weight excluding hydrogens is 454 g/mol. The molecule has 186 valence electrons. The van der Waals surface area contributed by atoms with E-state index < -0.39 is 5.91 Å². The summed E-state index contributed by atoms with van der Waals surface area (Å²) in [6, 6.07) is 15.4. The van der Waals surface area contributed by atoms with E-state index in [4.69, 9.17) is 11.5 Å². The SMILES string of the molecule is NC(=O)c1cnc(N[C@@H]2CCCC[C@@H]2N)nc1Nc1cccc2c1ccn2CCc1ccc(O)cc1. The number of hydrogen-bond donors (Lipinski definition) is 5. The lowest BCUT2D eigenvalue weighted by Gasteiger charge is -2.29. The van der Waals surface area contributed by atoms with Gasteiger partial charge in [-0.25, -0.2) is 4.98 Å². The summed E-state index contributed by atoms with van der Waals surface area (Å²) < 4.78 is 2.18. The Bertz CT molecular complexity index is 1370. The van der Waals surface area contributed by atoms with Crippen LogP contribution in [0, 0.1) is 0 Å². The molecule has 0 aliphatic heterocycles. The van der Waals surface area contributed by atoms with Gasteiger partial charge >= 0.3 is 0 Å². The Labute approximate surface area is 209 Å². The van der Waals surface area contributed by atoms with Crippen LogP contribution in [0.25, 0.3) is 10.9 Å². The second kappa shape index (κ2) is 10.2. The highest BCUT2D eigenvalue weighted by Gasteiger charge is 2.23. The molecule has 36 heavy (non-hydrogen) atoms. The van der Waals surface area contributed by atoms with Crippen LogP contribution in [0.5, 0.6) is 5.75 Å². The number of nitrogens with two attached hydrogens (primary N) is 2. The van der Waals surface area contributed by atoms with Crippen LogP contribution in [0.4, 0.5) is 17.5 Å². The van der Waals surface area contributed by atoms with Crippen molar-refractivity contribution in [3.8, 4) is 5.75 Å². The number of phenols is 1. The highest BCUT2D eigenvalue weighted by Crippen LogP contribution is 2.29. The van der Waals surface area contributed by atoms with Crippen molar-refractivity contribution in [1.82, 2.24) is 14.5 Å². The number of benzene rings is 2. The van der Waals surface area contributed by atoms with Crippen molar-refractivity contribution in [2.24, 2.45) is 11.5 Å². The molecule has 1 aliphatic carbocycles. The average molecular weight is 486 g/mol. The van der Waals surface area contributed by atoms with Gasteiger partial charge in [-0.1, -0.05) is 31.0 Å². The number of nitrogens with zero attached hydrogens (tertiary/aromatic N) is 3. The topological polar surface area (TPSA) is 144 Å². The summed E-state index contributed by atoms with van der Waals surface area (Å²) >= 11 is 0. The van der Waals surface area contributed by atoms with Crippen LogP contribution >= 0.6 is 0 Å². The zero-order valence-electron chi connectivity index (χ0n) is 20.0. The molecule has 0 unspecified atom stereocenters. The fourth-order valence-corrected chi connectivity index (χ4v) is 4.80. The number of aromatic nitrogens is 3. The van der Waals surface area contributed by atoms with Crippen molar-refractivity contribution in [3.63, 3.8) is 0 Å². The van der Waals surface area contributed by atoms with Crippen LogP contribution in [0.2, 0.25) is 0 Å². The number of anilines is 3. The Kier molecular flexibility index (Phi) is 6.73. The highest BCUT2D eigenvalue weighted by atomic mass is 16.3. The van der Waals surface area contributed by atoms with Gasteiger partial charge in [0.25, 0.3) is 5.91 Å². The van der Waals surface area contributed by atoms with Gasteiger partial charge in [-0.15, -0.1) is 0 Å². The predicted molar refractivity (Wildman–Crippen MR) is 141 cm³/mol. The Morgan fingerprint density at radius 3 is 2.69 bits per heavy atom. The van der Waals surface area contributed by atoms with Crippen LogP contribution < -0.4 is 22.1 Å². The minimum absolute atomic E-state index is 0.0460. The normalized spacial score (nSPS) is 17.7. The Morgan fingerprint density at radius 2 is 1.92 bits per heavy atom. The van der Waals surface area contributed by atoms with E-state index in [1.54, 1.807) is 12.1 Å². The molecule has 7 N–H and O–H groups in total. The molecule has 2 heterocycles. The van der Waals surface area contributed by atoms with Crippen LogP contribution in [0.1, 0.15) is 41.6 Å². The molecule has 1 amide bonds. The molecule has 0 radical (unpaired) electrons. The number of fused-ring (bicyclic) bond motifs is 1. The van der Waals surface area contributed by atoms with Crippen LogP contribution in [0.15, 0.2) is 60.9 Å². The molecule has 9 nitrogen and oxygen atoms in total. The number of amides is 1. The van der Waals surface area contributed by atoms with Crippen LogP contribution in [-0.2, 0) is 13.0 Å². The molecule has 2 atom stereocenters. The molecule has 9 heteroatoms. The minimum Gasteiger partial charge on any atom is -0.508 e. The van der Waals surface area contributed by atoms with Gasteiger partial charge in [0.1, 0.15) is 17.1 Å². The number of nitrogens with one attached hydrogen (secondary N) is 2. The predicted octanol–water partition coefficient (Wildman–Crippen LogP) is 3.90. The summed E-state index contributed by atoms with van der Waals surface area (Å²) in [6.07, 6.45) is 8.50. The number of phenolic OH excluding ortho intramolecular Hbond substituents is 1. The van der Waals surface area contributed by atoms with E-state index >= 15 is 0 Å². The lowest BCUT2D eigenvalue weighted by atomic mass is 9.91. The van der Waals surface area contributed by atoms with Crippen molar-refractivity contribution in [2.45, 2.75) is 50.7 Å². The van der Waals surface area contributed by atoms with Gasteiger partial charge in [0.15, 0.2) is 0 Å². The fourth-order valence-electron chi connectivity index (χ4n) is 4.80. The van der Waals surface area contributed by atoms with Crippen molar-refractivity contribution < 1.29 is 9.90 Å². The lowest BCUT2D eigenvalue weighted by molar-refractivity contribution is 0.100. The Hall–Kier alpha value is -4.11. The maximum atomic E-state index is 12.1. The van der Waals surface area contributed by atoms with E-state index in [1.807, 2.05) is 36.5 Å². The van der Waals surface area contributed by atoms with E-state index in [0.717, 1.165) is 60.8 Å². The third-order valence-corrected chi connectivity index (χ3v) is 6.83. The van der Waals surface area contributed by atoms with Gasteiger partial charge in [0.2, 0.25) is 5.95 Å². The monoisotopic (exact) mass is 485 g/mol. The number of aryl methyl sites for hydroxylation is 2. The molecule has 0 spiro atoms. The molecule has 5 rings (SSSR count). The summed E-state index contributed by atoms with van der Waals surface area (Å²) in [5.41, 5.74) is 15.1. The first-order valence-electron chi connectivity index (χ1n) is 12.3. The molecular formula is C27H31N7O2. The van der Waals surface area contributed by atoms with Gasteiger partial charge in [-0.2, -0.15) is 4.98 Å². The number of rotatable bonds is 8. The first-order chi connectivity index (χ1) is 17.5. The molecule has 1 saturated carbocycles. The highest BCUT2D eigenvalue weighted by molar-refractivity contribution is 6.00. The van der Waals surface area contributed by atoms with Crippen LogP contribution in [0.3, 0.4) is 0 Å². The molecule has 0 saturated heterocycles. The van der Waals surface area contributed by atoms with Gasteiger partial charge in [-0.3, -0.25) is 4.79 Å². The third kappa shape index (κ3) is 5.11. The first kappa shape index (κ1) is 23.6. The maximum Gasteiger partial charge on any atom is 0.254 e. The van der Waals surface area contributed by atoms with Gasteiger partial charge in [-0.05, 0) is 55.2 Å². The van der Waals surface area contributed by atoms with Gasteiger partial charge < -0.3 is 31.8 Å². The largest absolute Gasteiger partial charge is 0.508 e. The second-order valence-corrected chi connectivity index (χ2v) is 9.31. The van der Waals surface area contributed by atoms with E-state index in [9.17, 15) is 9.90 Å². The molecule has 0 bridgehead atoms. The van der Waals surface area contributed by atoms with Crippen molar-refractivity contribution in [1.29, 1.82) is 0 Å². The summed E-state index contributed by atoms with van der Waals surface area (Å²) in [5.74, 6) is 0.440. The van der Waals surface area contributed by atoms with Gasteiger partial charge in [0.05, 0.1) is 5.52 Å². The van der Waals surface area contributed by atoms with Crippen LogP contribution in [-0.4, -0.2) is 37.6 Å². The number of hydrogen-bond acceptors (Lipinski definition) is 7. The molecule has 1 aliphatic rings. The molecule has 4 aromatic rings. The quantitative estimate of drug-likeness (QED) is 0.254. The van der Waals surface area contributed by atoms with E-state index in [-0.39, 0.29) is 23.4 Å². The number of aromatic hydroxyl groups is 1. The summed E-state index contributed by atoms with van der Waals surface area (Å²) in [5, 5.41) is 17.2. The number of carbonyl (C=O) groups excluding carboxylic acids is 1. The maximum absolute atomic E-state index is 12.1. The standard InChI is InChI=1S/C27H31N7O2/c28-21-4-1-2-5-23(21)32-27-30-16-20(25(29)36)26(33-27)31-22-6-3-7-24-19(22)13-15-34(24)14-12-17-8-10-18(35)11-9-17/h3,6-11,13,15-16,21,23,35H,1-2,4-5,12,14,28H2,(H2,29,36)(H2,30,31,32,33)/t21-,23+/m0/s1. The zero-order valence-corrected chi connectivity index (χ0v) is 20.0. The summed E-state index contributed by atoms with van der Waals surface area (Å²) in [4.78, 5) is 21.0. The van der Waals surface area contributed by atoms with Gasteiger partial charge in [0, 0.05) is 42.1 Å². The smallest absolute Gasteiger partial charge is 0.254 e. The van der Waals surface area contributed by atoms with E-state index in [0.29, 0.717) is 11.8 Å². The summed E-state index contributed by atoms with van der Waals surface area (Å²) in [6.45, 7) is 0.785. The average Bonchev–Trinajstić information content (AvgIpc) is 3.29. The number of carbonyl (C=O) groups is 1. The molecule has 1 fully saturated rings. The third-order valence-electron chi connectivity index (χ3n) is 6.83. The van der Waals surface area contributed by atoms with E-state index in [2.05, 4.69) is 31.2 Å². The molecule has 2 aromatic heterocycles. The minimum atomic E-state index is -0.600. The fraction of sp³-hybridized carbons (Fsp3) is 0.296. The second-order valence-electron chi connectivity index (χ2n) is 9.31. The zero-order chi connectivity index (χ0) is 25.1. The van der Waals surface area contributed by atoms with Crippen molar-refractivity contribution in [3.05, 3.63) is 72.1 Å². The van der Waals surface area contributed by atoms with Crippen molar-refractivity contribution in [2.75, 3.05) is 10.6 Å². The molecule has 2 aromatic carbocycles. The number of primary amides is 1. The summed E-state index contributed by atoms with van der Waals surface area (Å²) in [7, 11) is 0. The lowest BCUT2D eigenvalue weighted by Crippen LogP contribution is -2.43. The Balaban J connectivity index is 1.39.